The first kappa shape index (κ1) is 19.2. The largest absolute Gasteiger partial charge is 0.404 e. The molecular weight excluding hydrogens is 300 g/mol. The van der Waals surface area contributed by atoms with E-state index in [1.54, 1.807) is 0 Å². The van der Waals surface area contributed by atoms with Gasteiger partial charge in [0.25, 0.3) is 0 Å². The molecule has 10 heteroatoms. The van der Waals surface area contributed by atoms with Crippen molar-refractivity contribution in [2.45, 2.75) is 49.3 Å². The van der Waals surface area contributed by atoms with E-state index in [1.165, 1.54) is 0 Å². The molecule has 10 nitrogen and oxygen atoms in total. The van der Waals surface area contributed by atoms with Crippen molar-refractivity contribution in [3.8, 4) is 0 Å². The van der Waals surface area contributed by atoms with E-state index < -0.39 is 49.0 Å². The molecule has 8 N–H and O–H groups in total. The number of carbonyl (C=O) groups excluding carboxylic acids is 1. The Kier molecular flexibility index (Phi) is 7.09. The van der Waals surface area contributed by atoms with Gasteiger partial charge < -0.3 is 46.1 Å². The molecule has 0 aliphatic carbocycles. The van der Waals surface area contributed by atoms with Crippen molar-refractivity contribution >= 4 is 5.97 Å². The van der Waals surface area contributed by atoms with Crippen LogP contribution in [-0.2, 0) is 19.0 Å². The minimum atomic E-state index is -2.37. The molecule has 0 amide bonds. The summed E-state index contributed by atoms with van der Waals surface area (Å²) in [5, 5.41) is 38.6. The fourth-order valence-electron chi connectivity index (χ4n) is 2.08. The summed E-state index contributed by atoms with van der Waals surface area (Å²) in [7, 11) is 1.07. The lowest BCUT2D eigenvalue weighted by molar-refractivity contribution is -0.441. The Balaban J connectivity index is 2.87. The number of carbonyl (C=O) groups is 1. The molecule has 0 aromatic carbocycles. The lowest BCUT2D eigenvalue weighted by Crippen LogP contribution is -2.67. The molecule has 1 aliphatic heterocycles. The van der Waals surface area contributed by atoms with Gasteiger partial charge in [-0.05, 0) is 19.4 Å². The summed E-state index contributed by atoms with van der Waals surface area (Å²) in [6.45, 7) is -0.347. The lowest BCUT2D eigenvalue weighted by atomic mass is 9.97. The summed E-state index contributed by atoms with van der Waals surface area (Å²) in [5.41, 5.74) is 10.9. The first-order valence-corrected chi connectivity index (χ1v) is 6.89. The molecule has 0 aromatic rings. The summed E-state index contributed by atoms with van der Waals surface area (Å²) in [6, 6.07) is -1.03. The van der Waals surface area contributed by atoms with Gasteiger partial charge in [0.1, 0.15) is 24.4 Å². The van der Waals surface area contributed by atoms with Crippen molar-refractivity contribution in [1.82, 2.24) is 0 Å². The monoisotopic (exact) mass is 324 g/mol. The van der Waals surface area contributed by atoms with Gasteiger partial charge >= 0.3 is 11.9 Å². The van der Waals surface area contributed by atoms with Crippen molar-refractivity contribution < 1.29 is 39.4 Å². The van der Waals surface area contributed by atoms with E-state index in [0.717, 1.165) is 7.11 Å². The number of ether oxygens (including phenoxy) is 3. The summed E-state index contributed by atoms with van der Waals surface area (Å²) in [4.78, 5) is 11.9. The minimum absolute atomic E-state index is 0.250. The molecule has 1 fully saturated rings. The quantitative estimate of drug-likeness (QED) is 0.202. The van der Waals surface area contributed by atoms with Crippen molar-refractivity contribution in [2.24, 2.45) is 11.5 Å². The number of methoxy groups -OCH3 is 1. The lowest BCUT2D eigenvalue weighted by Gasteiger charge is -2.45. The van der Waals surface area contributed by atoms with E-state index >= 15 is 0 Å². The van der Waals surface area contributed by atoms with E-state index in [-0.39, 0.29) is 6.42 Å². The number of aliphatic hydroxyl groups is 4. The molecule has 0 aromatic heterocycles. The summed E-state index contributed by atoms with van der Waals surface area (Å²) in [6.07, 6.45) is -5.79. The van der Waals surface area contributed by atoms with Gasteiger partial charge in [-0.1, -0.05) is 0 Å². The van der Waals surface area contributed by atoms with Crippen LogP contribution in [0.5, 0.6) is 0 Å². The van der Waals surface area contributed by atoms with E-state index in [0.29, 0.717) is 13.0 Å². The minimum Gasteiger partial charge on any atom is -0.404 e. The van der Waals surface area contributed by atoms with Crippen molar-refractivity contribution in [2.75, 3.05) is 20.3 Å². The Morgan fingerprint density at radius 1 is 1.36 bits per heavy atom. The van der Waals surface area contributed by atoms with Gasteiger partial charge in [0.15, 0.2) is 6.10 Å². The predicted octanol–water partition coefficient (Wildman–Crippen LogP) is -3.63. The van der Waals surface area contributed by atoms with Crippen molar-refractivity contribution in [3.63, 3.8) is 0 Å². The maximum atomic E-state index is 11.9. The molecule has 1 aliphatic rings. The average molecular weight is 324 g/mol. The standard InChI is InChI=1S/C12H24N2O8/c1-20-12(22-11(19)6(14)3-2-4-13)10(18)9(17)8(16)7(5-15)21-12/h6-10,15-18H,2-5,13-14H2,1H3/t6-,7-,8+,9+,10-,12+/m1/s1. The van der Waals surface area contributed by atoms with Crippen LogP contribution in [0.4, 0.5) is 0 Å². The molecule has 22 heavy (non-hydrogen) atoms. The smallest absolute Gasteiger partial charge is 0.359 e. The Morgan fingerprint density at radius 2 is 2.00 bits per heavy atom. The second-order valence-electron chi connectivity index (χ2n) is 5.03. The first-order valence-electron chi connectivity index (χ1n) is 6.89. The molecule has 1 rings (SSSR count). The third-order valence-corrected chi connectivity index (χ3v) is 3.46. The third kappa shape index (κ3) is 3.91. The highest BCUT2D eigenvalue weighted by Gasteiger charge is 2.57. The van der Waals surface area contributed by atoms with E-state index in [4.69, 9.17) is 30.8 Å². The molecule has 130 valence electrons. The molecule has 0 spiro atoms. The fraction of sp³-hybridized carbons (Fsp3) is 0.917. The Hall–Kier alpha value is -0.850. The Bertz CT molecular complexity index is 369. The SMILES string of the molecule is CO[C@]1(OC(=O)[C@H](N)CCCN)O[C@H](CO)[C@H](O)[C@H](O)[C@H]1O. The Labute approximate surface area is 127 Å². The van der Waals surface area contributed by atoms with Crippen LogP contribution in [-0.4, -0.2) is 83.1 Å². The summed E-state index contributed by atoms with van der Waals surface area (Å²) >= 11 is 0. The number of nitrogens with two attached hydrogens (primary N) is 2. The molecular formula is C12H24N2O8. The van der Waals surface area contributed by atoms with Gasteiger partial charge in [-0.15, -0.1) is 0 Å². The molecule has 1 saturated heterocycles. The summed E-state index contributed by atoms with van der Waals surface area (Å²) in [5.74, 6) is -3.31. The number of hydrogen-bond acceptors (Lipinski definition) is 10. The van der Waals surface area contributed by atoms with Gasteiger partial charge in [-0.25, -0.2) is 0 Å². The van der Waals surface area contributed by atoms with Crippen LogP contribution in [0.15, 0.2) is 0 Å². The maximum Gasteiger partial charge on any atom is 0.359 e. The molecule has 0 saturated carbocycles. The van der Waals surface area contributed by atoms with Crippen LogP contribution in [0, 0.1) is 0 Å². The van der Waals surface area contributed by atoms with Crippen LogP contribution in [0.2, 0.25) is 0 Å². The topological polar surface area (TPSA) is 178 Å². The zero-order valence-electron chi connectivity index (χ0n) is 12.3. The second kappa shape index (κ2) is 8.13. The zero-order chi connectivity index (χ0) is 16.9. The van der Waals surface area contributed by atoms with Crippen LogP contribution in [0.1, 0.15) is 12.8 Å². The maximum absolute atomic E-state index is 11.9. The van der Waals surface area contributed by atoms with E-state index in [9.17, 15) is 20.1 Å². The van der Waals surface area contributed by atoms with Crippen LogP contribution < -0.4 is 11.5 Å². The van der Waals surface area contributed by atoms with Gasteiger partial charge in [0.2, 0.25) is 0 Å². The second-order valence-corrected chi connectivity index (χ2v) is 5.03. The number of aliphatic hydroxyl groups excluding tert-OH is 4. The van der Waals surface area contributed by atoms with Gasteiger partial charge in [-0.3, -0.25) is 4.79 Å². The number of hydrogen-bond donors (Lipinski definition) is 6. The Morgan fingerprint density at radius 3 is 2.50 bits per heavy atom. The van der Waals surface area contributed by atoms with Crippen molar-refractivity contribution in [3.05, 3.63) is 0 Å². The first-order chi connectivity index (χ1) is 10.3. The third-order valence-electron chi connectivity index (χ3n) is 3.46. The van der Waals surface area contributed by atoms with Gasteiger partial charge in [-0.2, -0.15) is 0 Å². The van der Waals surface area contributed by atoms with E-state index in [2.05, 4.69) is 0 Å². The molecule has 6 atom stereocenters. The molecule has 0 unspecified atom stereocenters. The van der Waals surface area contributed by atoms with Crippen LogP contribution in [0.25, 0.3) is 0 Å². The zero-order valence-corrected chi connectivity index (χ0v) is 12.3. The summed E-state index contributed by atoms with van der Waals surface area (Å²) < 4.78 is 15.0. The highest BCUT2D eigenvalue weighted by Crippen LogP contribution is 2.32. The average Bonchev–Trinajstić information content (AvgIpc) is 2.53. The predicted molar refractivity (Wildman–Crippen MR) is 72.1 cm³/mol. The van der Waals surface area contributed by atoms with Crippen LogP contribution in [0.3, 0.4) is 0 Å². The molecule has 0 radical (unpaired) electrons. The fourth-order valence-corrected chi connectivity index (χ4v) is 2.08. The molecule has 0 bridgehead atoms. The normalized spacial score (nSPS) is 36.9. The van der Waals surface area contributed by atoms with E-state index in [1.807, 2.05) is 0 Å². The molecule has 1 heterocycles. The highest BCUT2D eigenvalue weighted by atomic mass is 16.9. The van der Waals surface area contributed by atoms with Gasteiger partial charge in [0, 0.05) is 7.11 Å². The number of rotatable bonds is 7. The van der Waals surface area contributed by atoms with Gasteiger partial charge in [0.05, 0.1) is 6.61 Å². The highest BCUT2D eigenvalue weighted by molar-refractivity contribution is 5.75. The van der Waals surface area contributed by atoms with Crippen LogP contribution >= 0.6 is 0 Å². The van der Waals surface area contributed by atoms with Crippen molar-refractivity contribution in [1.29, 1.82) is 0 Å². The number of esters is 1.